The predicted octanol–water partition coefficient (Wildman–Crippen LogP) is 1.05. The van der Waals surface area contributed by atoms with Crippen LogP contribution in [0.4, 0.5) is 26.1 Å². The molecule has 13 heteroatoms. The molecule has 0 spiro atoms. The molecular weight excluding hydrogens is 464 g/mol. The highest BCUT2D eigenvalue weighted by Gasteiger charge is 2.58. The Morgan fingerprint density at radius 1 is 1.34 bits per heavy atom. The van der Waals surface area contributed by atoms with Gasteiger partial charge in [-0.05, 0) is 18.6 Å². The van der Waals surface area contributed by atoms with Crippen molar-refractivity contribution in [1.82, 2.24) is 20.3 Å². The molecule has 4 heterocycles. The van der Waals surface area contributed by atoms with Gasteiger partial charge in [-0.25, -0.2) is 23.7 Å². The highest BCUT2D eigenvalue weighted by molar-refractivity contribution is 5.94. The largest absolute Gasteiger partial charge is 0.476 e. The van der Waals surface area contributed by atoms with Crippen LogP contribution in [0, 0.1) is 0 Å². The summed E-state index contributed by atoms with van der Waals surface area (Å²) in [7, 11) is 1.97. The fourth-order valence-corrected chi connectivity index (χ4v) is 3.89. The molecule has 2 aromatic heterocycles. The Morgan fingerprint density at radius 3 is 2.80 bits per heavy atom. The zero-order valence-electron chi connectivity index (χ0n) is 19.2. The molecule has 1 saturated heterocycles. The summed E-state index contributed by atoms with van der Waals surface area (Å²) in [5, 5.41) is 13.2. The number of nitrogens with zero attached hydrogens (tertiary/aromatic N) is 5. The van der Waals surface area contributed by atoms with Crippen LogP contribution in [0.1, 0.15) is 29.8 Å². The van der Waals surface area contributed by atoms with E-state index in [1.165, 1.54) is 12.4 Å². The molecule has 5 rings (SSSR count). The molecule has 35 heavy (non-hydrogen) atoms. The summed E-state index contributed by atoms with van der Waals surface area (Å²) in [6.07, 6.45) is 4.67. The van der Waals surface area contributed by atoms with Gasteiger partial charge in [0, 0.05) is 45.6 Å². The van der Waals surface area contributed by atoms with Crippen LogP contribution < -0.4 is 25.2 Å². The Bertz CT molecular complexity index is 1060. The number of likely N-dealkylation sites (N-methyl/N-ethyl adjacent to an activating group) is 1. The van der Waals surface area contributed by atoms with Crippen molar-refractivity contribution < 1.29 is 28.2 Å². The highest BCUT2D eigenvalue weighted by atomic mass is 19.3. The molecule has 2 aliphatic heterocycles. The first-order valence-electron chi connectivity index (χ1n) is 11.3. The summed E-state index contributed by atoms with van der Waals surface area (Å²) in [4.78, 5) is 38.5. The van der Waals surface area contributed by atoms with E-state index in [0.717, 1.165) is 31.0 Å². The SMILES string of the molecule is CN1c2nc(C(=O)NC3CC3(F)F)ccc2N2CCC1C2.O=CNc1cnc(OCCCO)cn1. The molecule has 188 valence electrons. The lowest BCUT2D eigenvalue weighted by molar-refractivity contribution is -0.105. The second-order valence-corrected chi connectivity index (χ2v) is 8.46. The monoisotopic (exact) mass is 491 g/mol. The number of aliphatic hydroxyl groups is 1. The van der Waals surface area contributed by atoms with Crippen molar-refractivity contribution >= 4 is 29.6 Å². The molecule has 0 aromatic carbocycles. The third-order valence-electron chi connectivity index (χ3n) is 5.99. The molecule has 3 aliphatic rings. The molecule has 2 bridgehead atoms. The number of ether oxygens (including phenoxy) is 1. The first kappa shape index (κ1) is 24.5. The number of hydrogen-bond donors (Lipinski definition) is 3. The number of halogens is 2. The molecule has 2 atom stereocenters. The minimum Gasteiger partial charge on any atom is -0.476 e. The smallest absolute Gasteiger partial charge is 0.270 e. The first-order chi connectivity index (χ1) is 16.8. The van der Waals surface area contributed by atoms with E-state index in [1.54, 1.807) is 6.07 Å². The number of fused-ring (bicyclic) bond motifs is 4. The van der Waals surface area contributed by atoms with Crippen LogP contribution in [0.25, 0.3) is 0 Å². The van der Waals surface area contributed by atoms with Gasteiger partial charge in [0.2, 0.25) is 12.3 Å². The Labute approximate surface area is 200 Å². The molecule has 2 unspecified atom stereocenters. The van der Waals surface area contributed by atoms with Gasteiger partial charge in [0.1, 0.15) is 5.69 Å². The number of nitrogens with one attached hydrogen (secondary N) is 2. The van der Waals surface area contributed by atoms with Crippen molar-refractivity contribution in [2.75, 3.05) is 48.5 Å². The fraction of sp³-hybridized carbons (Fsp3) is 0.500. The molecule has 11 nitrogen and oxygen atoms in total. The minimum atomic E-state index is -2.76. The maximum atomic E-state index is 12.9. The van der Waals surface area contributed by atoms with Crippen LogP contribution in [0.2, 0.25) is 0 Å². The zero-order chi connectivity index (χ0) is 25.0. The van der Waals surface area contributed by atoms with Gasteiger partial charge in [-0.15, -0.1) is 0 Å². The summed E-state index contributed by atoms with van der Waals surface area (Å²) in [6.45, 7) is 2.44. The number of carbonyl (C=O) groups is 2. The van der Waals surface area contributed by atoms with E-state index in [0.29, 0.717) is 37.2 Å². The number of pyridine rings is 1. The summed E-state index contributed by atoms with van der Waals surface area (Å²) in [5.41, 5.74) is 1.21. The molecule has 3 N–H and O–H groups in total. The number of aromatic nitrogens is 3. The number of aliphatic hydroxyl groups excluding tert-OH is 1. The van der Waals surface area contributed by atoms with Crippen LogP contribution in [0.5, 0.6) is 5.88 Å². The molecule has 2 amide bonds. The number of amides is 2. The Morgan fingerprint density at radius 2 is 2.14 bits per heavy atom. The van der Waals surface area contributed by atoms with Gasteiger partial charge in [0.15, 0.2) is 11.6 Å². The molecule has 1 aliphatic carbocycles. The zero-order valence-corrected chi connectivity index (χ0v) is 19.2. The van der Waals surface area contributed by atoms with Crippen LogP contribution in [-0.2, 0) is 4.79 Å². The van der Waals surface area contributed by atoms with Crippen LogP contribution in [0.15, 0.2) is 24.5 Å². The molecular formula is C22H27F2N7O4. The second-order valence-electron chi connectivity index (χ2n) is 8.46. The van der Waals surface area contributed by atoms with E-state index < -0.39 is 17.9 Å². The van der Waals surface area contributed by atoms with Crippen LogP contribution in [-0.4, -0.2) is 83.7 Å². The Hall–Kier alpha value is -3.61. The maximum Gasteiger partial charge on any atom is 0.270 e. The third-order valence-corrected chi connectivity index (χ3v) is 5.99. The van der Waals surface area contributed by atoms with Crippen molar-refractivity contribution in [1.29, 1.82) is 0 Å². The predicted molar refractivity (Wildman–Crippen MR) is 123 cm³/mol. The van der Waals surface area contributed by atoms with E-state index in [2.05, 4.69) is 35.4 Å². The van der Waals surface area contributed by atoms with Crippen molar-refractivity contribution in [3.63, 3.8) is 0 Å². The number of hydrogen-bond acceptors (Lipinski definition) is 9. The lowest BCUT2D eigenvalue weighted by Gasteiger charge is -2.34. The molecule has 0 radical (unpaired) electrons. The second kappa shape index (κ2) is 10.3. The Kier molecular flexibility index (Phi) is 7.24. The van der Waals surface area contributed by atoms with Crippen molar-refractivity contribution in [2.45, 2.75) is 37.3 Å². The van der Waals surface area contributed by atoms with Crippen molar-refractivity contribution in [3.8, 4) is 5.88 Å². The van der Waals surface area contributed by atoms with E-state index >= 15 is 0 Å². The van der Waals surface area contributed by atoms with Gasteiger partial charge in [-0.3, -0.25) is 9.59 Å². The van der Waals surface area contributed by atoms with E-state index in [4.69, 9.17) is 9.84 Å². The molecule has 1 saturated carbocycles. The number of rotatable bonds is 8. The number of anilines is 3. The maximum absolute atomic E-state index is 12.9. The van der Waals surface area contributed by atoms with Crippen LogP contribution in [0.3, 0.4) is 0 Å². The van der Waals surface area contributed by atoms with Gasteiger partial charge in [0.25, 0.3) is 11.8 Å². The van der Waals surface area contributed by atoms with E-state index in [-0.39, 0.29) is 18.7 Å². The first-order valence-corrected chi connectivity index (χ1v) is 11.3. The van der Waals surface area contributed by atoms with Crippen molar-refractivity contribution in [2.24, 2.45) is 0 Å². The topological polar surface area (TPSA) is 133 Å². The Balaban J connectivity index is 0.000000181. The average Bonchev–Trinajstić information content (AvgIpc) is 3.24. The average molecular weight is 491 g/mol. The van der Waals surface area contributed by atoms with Gasteiger partial charge in [-0.1, -0.05) is 0 Å². The number of alkyl halides is 2. The molecule has 2 fully saturated rings. The summed E-state index contributed by atoms with van der Waals surface area (Å²) >= 11 is 0. The fourth-order valence-electron chi connectivity index (χ4n) is 3.89. The number of carbonyl (C=O) groups excluding carboxylic acids is 2. The van der Waals surface area contributed by atoms with Gasteiger partial charge in [0.05, 0.1) is 30.7 Å². The summed E-state index contributed by atoms with van der Waals surface area (Å²) in [6, 6.07) is 2.85. The van der Waals surface area contributed by atoms with Gasteiger partial charge < -0.3 is 30.3 Å². The summed E-state index contributed by atoms with van der Waals surface area (Å²) in [5.74, 6) is -1.78. The van der Waals surface area contributed by atoms with Crippen molar-refractivity contribution in [3.05, 3.63) is 30.2 Å². The standard InChI is InChI=1S/C14H16F2N4O.C8H11N3O3/c1-19-8-4-5-20(7-8)10-3-2-9(17-12(10)19)13(21)18-11-6-14(11,15)16;12-2-1-3-14-8-5-9-7(4-10-8)11-6-13/h2-3,8,11H,4-7H2,1H3,(H,18,21);4-6,12H,1-3H2,(H,9,11,13). The normalized spacial score (nSPS) is 20.8. The highest BCUT2D eigenvalue weighted by Crippen LogP contribution is 2.42. The van der Waals surface area contributed by atoms with Crippen LogP contribution >= 0.6 is 0 Å². The molecule has 2 aromatic rings. The van der Waals surface area contributed by atoms with Gasteiger partial charge in [-0.2, -0.15) is 0 Å². The third kappa shape index (κ3) is 5.73. The quantitative estimate of drug-likeness (QED) is 0.366. The minimum absolute atomic E-state index is 0.0816. The van der Waals surface area contributed by atoms with Gasteiger partial charge >= 0.3 is 0 Å². The van der Waals surface area contributed by atoms with E-state index in [1.807, 2.05) is 13.1 Å². The summed E-state index contributed by atoms with van der Waals surface area (Å²) < 4.78 is 30.9. The lowest BCUT2D eigenvalue weighted by Crippen LogP contribution is -2.40. The lowest BCUT2D eigenvalue weighted by atomic mass is 10.2. The van der Waals surface area contributed by atoms with E-state index in [9.17, 15) is 18.4 Å².